The number of carbonyl (C=O) groups is 1. The van der Waals surface area contributed by atoms with Crippen LogP contribution >= 0.6 is 0 Å². The summed E-state index contributed by atoms with van der Waals surface area (Å²) in [6, 6.07) is 14.5. The summed E-state index contributed by atoms with van der Waals surface area (Å²) in [5.74, 6) is -1.40. The summed E-state index contributed by atoms with van der Waals surface area (Å²) in [6.45, 7) is 3.99. The van der Waals surface area contributed by atoms with Gasteiger partial charge in [-0.05, 0) is 43.5 Å². The molecule has 0 aromatic heterocycles. The monoisotopic (exact) mass is 445 g/mol. The smallest absolute Gasteiger partial charge is 0.239 e. The number of piperazine rings is 1. The zero-order valence-electron chi connectivity index (χ0n) is 17.7. The van der Waals surface area contributed by atoms with Crippen molar-refractivity contribution in [3.8, 4) is 0 Å². The average Bonchev–Trinajstić information content (AvgIpc) is 3.58. The maximum atomic E-state index is 14.1. The van der Waals surface area contributed by atoms with E-state index in [4.69, 9.17) is 0 Å². The Kier molecular flexibility index (Phi) is 6.29. The number of hydrogen-bond donors (Lipinski definition) is 0. The molecule has 1 aliphatic heterocycles. The number of amides is 1. The van der Waals surface area contributed by atoms with Crippen LogP contribution in [0.25, 0.3) is 0 Å². The first-order valence-electron chi connectivity index (χ1n) is 10.7. The van der Waals surface area contributed by atoms with Gasteiger partial charge in [0.2, 0.25) is 15.9 Å². The molecule has 8 heteroatoms. The number of nitrogens with zero attached hydrogens (tertiary/aromatic N) is 3. The van der Waals surface area contributed by atoms with E-state index in [1.807, 2.05) is 25.1 Å². The van der Waals surface area contributed by atoms with Crippen LogP contribution in [-0.2, 0) is 21.4 Å². The van der Waals surface area contributed by atoms with Crippen molar-refractivity contribution in [1.82, 2.24) is 9.21 Å². The van der Waals surface area contributed by atoms with Crippen LogP contribution in [0.3, 0.4) is 0 Å². The predicted molar refractivity (Wildman–Crippen MR) is 119 cm³/mol. The molecule has 1 amide bonds. The second-order valence-electron chi connectivity index (χ2n) is 8.33. The van der Waals surface area contributed by atoms with E-state index in [1.165, 1.54) is 15.3 Å². The largest absolute Gasteiger partial charge is 0.369 e. The summed E-state index contributed by atoms with van der Waals surface area (Å²) in [5.41, 5.74) is 2.65. The maximum absolute atomic E-state index is 14.1. The van der Waals surface area contributed by atoms with Crippen molar-refractivity contribution >= 4 is 21.6 Å². The fourth-order valence-electron chi connectivity index (χ4n) is 4.00. The van der Waals surface area contributed by atoms with E-state index in [1.54, 1.807) is 18.2 Å². The molecule has 0 bridgehead atoms. The summed E-state index contributed by atoms with van der Waals surface area (Å²) < 4.78 is 41.4. The van der Waals surface area contributed by atoms with Crippen LogP contribution in [-0.4, -0.2) is 61.5 Å². The van der Waals surface area contributed by atoms with Gasteiger partial charge < -0.3 is 9.80 Å². The number of sulfonamides is 1. The molecule has 0 unspecified atom stereocenters. The first-order chi connectivity index (χ1) is 14.8. The van der Waals surface area contributed by atoms with Crippen molar-refractivity contribution in [1.29, 1.82) is 0 Å². The lowest BCUT2D eigenvalue weighted by molar-refractivity contribution is -0.129. The molecule has 0 radical (unpaired) electrons. The summed E-state index contributed by atoms with van der Waals surface area (Å²) >= 11 is 0. The molecule has 2 aromatic carbocycles. The van der Waals surface area contributed by atoms with Gasteiger partial charge in [-0.15, -0.1) is 0 Å². The molecule has 0 atom stereocenters. The van der Waals surface area contributed by atoms with Gasteiger partial charge >= 0.3 is 0 Å². The van der Waals surface area contributed by atoms with E-state index in [-0.39, 0.29) is 18.4 Å². The quantitative estimate of drug-likeness (QED) is 0.658. The van der Waals surface area contributed by atoms with Gasteiger partial charge in [0.1, 0.15) is 11.6 Å². The van der Waals surface area contributed by atoms with Crippen LogP contribution in [0.5, 0.6) is 0 Å². The Hall–Kier alpha value is -2.45. The second kappa shape index (κ2) is 8.96. The van der Waals surface area contributed by atoms with E-state index >= 15 is 0 Å². The van der Waals surface area contributed by atoms with E-state index in [0.29, 0.717) is 31.7 Å². The van der Waals surface area contributed by atoms with E-state index in [0.717, 1.165) is 24.1 Å². The lowest BCUT2D eigenvalue weighted by atomic mass is 10.2. The van der Waals surface area contributed by atoms with Crippen molar-refractivity contribution in [3.63, 3.8) is 0 Å². The van der Waals surface area contributed by atoms with E-state index in [9.17, 15) is 17.6 Å². The SMILES string of the molecule is Cc1cccc(N2CCN(S(=O)(=O)CC(=O)N(Cc3ccccc3F)C3CC3)CC2)c1. The molecule has 1 saturated carbocycles. The first-order valence-corrected chi connectivity index (χ1v) is 12.3. The normalized spacial score (nSPS) is 17.5. The highest BCUT2D eigenvalue weighted by molar-refractivity contribution is 7.89. The van der Waals surface area contributed by atoms with Gasteiger partial charge in [-0.25, -0.2) is 12.8 Å². The van der Waals surface area contributed by atoms with Crippen molar-refractivity contribution < 1.29 is 17.6 Å². The Morgan fingerprint density at radius 3 is 2.42 bits per heavy atom. The molecule has 0 N–H and O–H groups in total. The van der Waals surface area contributed by atoms with Crippen LogP contribution in [0.15, 0.2) is 48.5 Å². The van der Waals surface area contributed by atoms with Crippen LogP contribution in [0.4, 0.5) is 10.1 Å². The number of anilines is 1. The second-order valence-corrected chi connectivity index (χ2v) is 10.3. The predicted octanol–water partition coefficient (Wildman–Crippen LogP) is 2.78. The molecule has 31 heavy (non-hydrogen) atoms. The standard InChI is InChI=1S/C23H28FN3O3S/c1-18-5-4-7-21(15-18)25-11-13-26(14-12-25)31(29,30)17-23(28)27(20-9-10-20)16-19-6-2-3-8-22(19)24/h2-8,15,20H,9-14,16-17H2,1H3. The molecule has 2 aliphatic rings. The third-order valence-corrected chi connectivity index (χ3v) is 7.67. The number of aryl methyl sites for hydroxylation is 1. The Bertz CT molecular complexity index is 1050. The van der Waals surface area contributed by atoms with Crippen molar-refractivity contribution in [2.75, 3.05) is 36.8 Å². The highest BCUT2D eigenvalue weighted by Gasteiger charge is 2.37. The number of halogens is 1. The zero-order chi connectivity index (χ0) is 22.0. The lowest BCUT2D eigenvalue weighted by Crippen LogP contribution is -2.51. The van der Waals surface area contributed by atoms with Crippen molar-refractivity contribution in [2.24, 2.45) is 0 Å². The van der Waals surface area contributed by atoms with Crippen LogP contribution in [0.2, 0.25) is 0 Å². The Morgan fingerprint density at radius 1 is 1.06 bits per heavy atom. The first kappa shape index (κ1) is 21.8. The maximum Gasteiger partial charge on any atom is 0.239 e. The third-order valence-electron chi connectivity index (χ3n) is 5.91. The van der Waals surface area contributed by atoms with Gasteiger partial charge in [0.25, 0.3) is 0 Å². The molecular weight excluding hydrogens is 417 g/mol. The zero-order valence-corrected chi connectivity index (χ0v) is 18.5. The van der Waals surface area contributed by atoms with E-state index in [2.05, 4.69) is 11.0 Å². The summed E-state index contributed by atoms with van der Waals surface area (Å²) in [6.07, 6.45) is 1.66. The Labute approximate surface area is 183 Å². The molecule has 2 fully saturated rings. The summed E-state index contributed by atoms with van der Waals surface area (Å²) in [4.78, 5) is 16.6. The minimum atomic E-state index is -3.73. The molecule has 1 heterocycles. The Balaban J connectivity index is 1.38. The molecule has 6 nitrogen and oxygen atoms in total. The summed E-state index contributed by atoms with van der Waals surface area (Å²) in [7, 11) is -3.73. The molecule has 2 aromatic rings. The average molecular weight is 446 g/mol. The molecule has 1 saturated heterocycles. The van der Waals surface area contributed by atoms with Crippen molar-refractivity contribution in [3.05, 3.63) is 65.5 Å². The molecular formula is C23H28FN3O3S. The van der Waals surface area contributed by atoms with Crippen LogP contribution in [0.1, 0.15) is 24.0 Å². The van der Waals surface area contributed by atoms with Gasteiger partial charge in [-0.2, -0.15) is 4.31 Å². The highest BCUT2D eigenvalue weighted by Crippen LogP contribution is 2.29. The van der Waals surface area contributed by atoms with Crippen molar-refractivity contribution in [2.45, 2.75) is 32.4 Å². The van der Waals surface area contributed by atoms with Crippen LogP contribution in [0, 0.1) is 12.7 Å². The third kappa shape index (κ3) is 5.25. The summed E-state index contributed by atoms with van der Waals surface area (Å²) in [5, 5.41) is 0. The van der Waals surface area contributed by atoms with Gasteiger partial charge in [-0.1, -0.05) is 30.3 Å². The topological polar surface area (TPSA) is 60.9 Å². The van der Waals surface area contributed by atoms with Gasteiger partial charge in [0, 0.05) is 50.0 Å². The molecule has 0 spiro atoms. The molecule has 1 aliphatic carbocycles. The molecule has 166 valence electrons. The van der Waals surface area contributed by atoms with Gasteiger partial charge in [0.05, 0.1) is 0 Å². The molecule has 4 rings (SSSR count). The fraction of sp³-hybridized carbons (Fsp3) is 0.435. The Morgan fingerprint density at radius 2 is 1.77 bits per heavy atom. The number of hydrogen-bond acceptors (Lipinski definition) is 4. The number of carbonyl (C=O) groups excluding carboxylic acids is 1. The van der Waals surface area contributed by atoms with Gasteiger partial charge in [-0.3, -0.25) is 4.79 Å². The van der Waals surface area contributed by atoms with E-state index < -0.39 is 21.7 Å². The van der Waals surface area contributed by atoms with Gasteiger partial charge in [0.15, 0.2) is 0 Å². The van der Waals surface area contributed by atoms with Crippen LogP contribution < -0.4 is 4.90 Å². The number of rotatable bonds is 7. The highest BCUT2D eigenvalue weighted by atomic mass is 32.2. The number of benzene rings is 2. The minimum absolute atomic E-state index is 0.000439. The fourth-order valence-corrected chi connectivity index (χ4v) is 5.38. The lowest BCUT2D eigenvalue weighted by Gasteiger charge is -2.35. The minimum Gasteiger partial charge on any atom is -0.369 e.